The van der Waals surface area contributed by atoms with Gasteiger partial charge in [0.15, 0.2) is 11.5 Å². The number of ether oxygens (including phenoxy) is 2. The molecular formula is C15H20ClNO2. The summed E-state index contributed by atoms with van der Waals surface area (Å²) in [5.41, 5.74) is 7.28. The fraction of sp³-hybridized carbons (Fsp3) is 0.600. The quantitative estimate of drug-likeness (QED) is 0.855. The first-order valence-electron chi connectivity index (χ1n) is 7.08. The lowest BCUT2D eigenvalue weighted by Gasteiger charge is -2.35. The van der Waals surface area contributed by atoms with E-state index >= 15 is 0 Å². The molecule has 0 atom stereocenters. The third kappa shape index (κ3) is 2.54. The molecule has 0 spiro atoms. The van der Waals surface area contributed by atoms with Crippen molar-refractivity contribution in [3.63, 3.8) is 0 Å². The molecule has 1 heterocycles. The van der Waals surface area contributed by atoms with E-state index in [1.807, 2.05) is 12.1 Å². The minimum Gasteiger partial charge on any atom is -0.490 e. The van der Waals surface area contributed by atoms with E-state index in [-0.39, 0.29) is 5.54 Å². The zero-order valence-corrected chi connectivity index (χ0v) is 11.8. The van der Waals surface area contributed by atoms with Gasteiger partial charge in [-0.25, -0.2) is 0 Å². The maximum Gasteiger partial charge on any atom is 0.162 e. The van der Waals surface area contributed by atoms with Gasteiger partial charge in [0, 0.05) is 23.0 Å². The number of nitrogens with two attached hydrogens (primary N) is 1. The third-order valence-corrected chi connectivity index (χ3v) is 4.43. The molecule has 1 aromatic rings. The number of benzene rings is 1. The predicted molar refractivity (Wildman–Crippen MR) is 76.0 cm³/mol. The maximum absolute atomic E-state index is 6.57. The average Bonchev–Trinajstić information content (AvgIpc) is 2.63. The molecule has 0 amide bonds. The molecule has 104 valence electrons. The highest BCUT2D eigenvalue weighted by Gasteiger charge is 2.32. The molecule has 2 aliphatic rings. The van der Waals surface area contributed by atoms with E-state index < -0.39 is 0 Å². The highest BCUT2D eigenvalue weighted by Crippen LogP contribution is 2.43. The van der Waals surface area contributed by atoms with Crippen molar-refractivity contribution in [2.45, 2.75) is 44.1 Å². The highest BCUT2D eigenvalue weighted by molar-refractivity contribution is 6.31. The summed E-state index contributed by atoms with van der Waals surface area (Å²) in [6.45, 7) is 1.36. The SMILES string of the molecule is NC1(c2cc3c(cc2Cl)OCCCO3)CCCCC1. The van der Waals surface area contributed by atoms with Crippen LogP contribution in [-0.4, -0.2) is 13.2 Å². The van der Waals surface area contributed by atoms with E-state index in [1.165, 1.54) is 19.3 Å². The average molecular weight is 282 g/mol. The topological polar surface area (TPSA) is 44.5 Å². The van der Waals surface area contributed by atoms with Crippen molar-refractivity contribution in [3.05, 3.63) is 22.7 Å². The second kappa shape index (κ2) is 5.22. The molecule has 0 saturated heterocycles. The Morgan fingerprint density at radius 1 is 0.947 bits per heavy atom. The van der Waals surface area contributed by atoms with E-state index in [4.69, 9.17) is 26.8 Å². The normalized spacial score (nSPS) is 21.8. The molecule has 3 nitrogen and oxygen atoms in total. The summed E-state index contributed by atoms with van der Waals surface area (Å²) in [7, 11) is 0. The Kier molecular flexibility index (Phi) is 3.59. The van der Waals surface area contributed by atoms with Crippen LogP contribution in [0, 0.1) is 0 Å². The minimum absolute atomic E-state index is 0.306. The van der Waals surface area contributed by atoms with Crippen LogP contribution in [0.25, 0.3) is 0 Å². The van der Waals surface area contributed by atoms with Gasteiger partial charge in [-0.3, -0.25) is 0 Å². The van der Waals surface area contributed by atoms with Crippen LogP contribution in [-0.2, 0) is 5.54 Å². The molecule has 0 unspecified atom stereocenters. The Morgan fingerprint density at radius 2 is 1.58 bits per heavy atom. The van der Waals surface area contributed by atoms with Crippen LogP contribution < -0.4 is 15.2 Å². The monoisotopic (exact) mass is 281 g/mol. The van der Waals surface area contributed by atoms with E-state index in [9.17, 15) is 0 Å². The molecule has 2 N–H and O–H groups in total. The van der Waals surface area contributed by atoms with Crippen LogP contribution in [0.2, 0.25) is 5.02 Å². The number of fused-ring (bicyclic) bond motifs is 1. The zero-order chi connectivity index (χ0) is 13.3. The molecule has 1 aliphatic heterocycles. The molecule has 19 heavy (non-hydrogen) atoms. The van der Waals surface area contributed by atoms with Gasteiger partial charge in [-0.1, -0.05) is 30.9 Å². The number of hydrogen-bond acceptors (Lipinski definition) is 3. The van der Waals surface area contributed by atoms with Crippen LogP contribution >= 0.6 is 11.6 Å². The summed E-state index contributed by atoms with van der Waals surface area (Å²) in [5, 5.41) is 0.702. The lowest BCUT2D eigenvalue weighted by molar-refractivity contribution is 0.293. The van der Waals surface area contributed by atoms with Crippen molar-refractivity contribution >= 4 is 11.6 Å². The van der Waals surface area contributed by atoms with E-state index in [2.05, 4.69) is 0 Å². The van der Waals surface area contributed by atoms with Gasteiger partial charge in [-0.05, 0) is 24.5 Å². The molecule has 1 saturated carbocycles. The smallest absolute Gasteiger partial charge is 0.162 e. The number of rotatable bonds is 1. The second-order valence-corrected chi connectivity index (χ2v) is 5.95. The van der Waals surface area contributed by atoms with Crippen LogP contribution in [0.15, 0.2) is 12.1 Å². The van der Waals surface area contributed by atoms with Crippen molar-refractivity contribution in [1.29, 1.82) is 0 Å². The van der Waals surface area contributed by atoms with Gasteiger partial charge in [0.05, 0.1) is 13.2 Å². The Morgan fingerprint density at radius 3 is 2.26 bits per heavy atom. The fourth-order valence-electron chi connectivity index (χ4n) is 3.02. The summed E-state index contributed by atoms with van der Waals surface area (Å²) in [4.78, 5) is 0. The Hall–Kier alpha value is -0.930. The molecule has 0 aromatic heterocycles. The first-order valence-corrected chi connectivity index (χ1v) is 7.45. The largest absolute Gasteiger partial charge is 0.490 e. The van der Waals surface area contributed by atoms with Crippen molar-refractivity contribution < 1.29 is 9.47 Å². The lowest BCUT2D eigenvalue weighted by atomic mass is 9.77. The standard InChI is InChI=1S/C15H20ClNO2/c16-12-10-14-13(18-7-4-8-19-14)9-11(12)15(17)5-2-1-3-6-15/h9-10H,1-8,17H2. The van der Waals surface area contributed by atoms with Crippen molar-refractivity contribution in [2.24, 2.45) is 5.73 Å². The van der Waals surface area contributed by atoms with Gasteiger partial charge in [-0.2, -0.15) is 0 Å². The molecular weight excluding hydrogens is 262 g/mol. The third-order valence-electron chi connectivity index (χ3n) is 4.12. The Labute approximate surface area is 119 Å². The summed E-state index contributed by atoms with van der Waals surface area (Å²) >= 11 is 6.42. The van der Waals surface area contributed by atoms with Crippen LogP contribution in [0.3, 0.4) is 0 Å². The molecule has 0 radical (unpaired) electrons. The molecule has 1 aliphatic carbocycles. The Balaban J connectivity index is 1.99. The van der Waals surface area contributed by atoms with Gasteiger partial charge >= 0.3 is 0 Å². The van der Waals surface area contributed by atoms with Crippen molar-refractivity contribution in [3.8, 4) is 11.5 Å². The fourth-order valence-corrected chi connectivity index (χ4v) is 3.36. The summed E-state index contributed by atoms with van der Waals surface area (Å²) in [6.07, 6.45) is 6.48. The Bertz CT molecular complexity index is 469. The first kappa shape index (κ1) is 13.1. The van der Waals surface area contributed by atoms with Crippen molar-refractivity contribution in [1.82, 2.24) is 0 Å². The molecule has 1 aromatic carbocycles. The van der Waals surface area contributed by atoms with Gasteiger partial charge in [0.1, 0.15) is 0 Å². The maximum atomic E-state index is 6.57. The summed E-state index contributed by atoms with van der Waals surface area (Å²) < 4.78 is 11.4. The predicted octanol–water partition coefficient (Wildman–Crippen LogP) is 3.62. The summed E-state index contributed by atoms with van der Waals surface area (Å²) in [6, 6.07) is 3.86. The summed E-state index contributed by atoms with van der Waals surface area (Å²) in [5.74, 6) is 1.53. The first-order chi connectivity index (χ1) is 9.19. The zero-order valence-electron chi connectivity index (χ0n) is 11.1. The van der Waals surface area contributed by atoms with Crippen LogP contribution in [0.1, 0.15) is 44.1 Å². The number of hydrogen-bond donors (Lipinski definition) is 1. The van der Waals surface area contributed by atoms with Gasteiger partial charge in [0.25, 0.3) is 0 Å². The molecule has 4 heteroatoms. The highest BCUT2D eigenvalue weighted by atomic mass is 35.5. The van der Waals surface area contributed by atoms with E-state index in [0.717, 1.165) is 36.3 Å². The van der Waals surface area contributed by atoms with Crippen LogP contribution in [0.4, 0.5) is 0 Å². The molecule has 3 rings (SSSR count). The molecule has 0 bridgehead atoms. The van der Waals surface area contributed by atoms with E-state index in [1.54, 1.807) is 0 Å². The number of halogens is 1. The van der Waals surface area contributed by atoms with Crippen LogP contribution in [0.5, 0.6) is 11.5 Å². The van der Waals surface area contributed by atoms with Crippen molar-refractivity contribution in [2.75, 3.05) is 13.2 Å². The minimum atomic E-state index is -0.306. The van der Waals surface area contributed by atoms with Gasteiger partial charge in [0.2, 0.25) is 0 Å². The molecule has 1 fully saturated rings. The second-order valence-electron chi connectivity index (χ2n) is 5.55. The van der Waals surface area contributed by atoms with Gasteiger partial charge in [-0.15, -0.1) is 0 Å². The van der Waals surface area contributed by atoms with Gasteiger partial charge < -0.3 is 15.2 Å². The van der Waals surface area contributed by atoms with E-state index in [0.29, 0.717) is 18.2 Å². The lowest BCUT2D eigenvalue weighted by Crippen LogP contribution is -2.38.